The highest BCUT2D eigenvalue weighted by Gasteiger charge is 2.53. The molecule has 2 atom stereocenters. The van der Waals surface area contributed by atoms with Gasteiger partial charge in [-0.05, 0) is 48.4 Å². The van der Waals surface area contributed by atoms with E-state index in [0.29, 0.717) is 24.2 Å². The number of imide groups is 1. The van der Waals surface area contributed by atoms with Crippen LogP contribution in [-0.2, 0) is 11.2 Å². The van der Waals surface area contributed by atoms with Crippen LogP contribution in [0.4, 0.5) is 10.5 Å². The Kier molecular flexibility index (Phi) is 5.41. The van der Waals surface area contributed by atoms with Gasteiger partial charge in [-0.2, -0.15) is 0 Å². The average molecular weight is 491 g/mol. The first-order chi connectivity index (χ1) is 18.0. The molecule has 4 amide bonds. The largest absolute Gasteiger partial charge is 0.356 e. The minimum atomic E-state index is -0.624. The van der Waals surface area contributed by atoms with Gasteiger partial charge < -0.3 is 10.3 Å². The van der Waals surface area contributed by atoms with Gasteiger partial charge in [0, 0.05) is 35.1 Å². The van der Waals surface area contributed by atoms with E-state index in [4.69, 9.17) is 0 Å². The average Bonchev–Trinajstić information content (AvgIpc) is 3.41. The number of nitrogens with one attached hydrogen (secondary N) is 2. The quantitative estimate of drug-likeness (QED) is 0.309. The topological polar surface area (TPSA) is 85.5 Å². The number of aromatic nitrogens is 1. The van der Waals surface area contributed by atoms with Crippen molar-refractivity contribution in [3.63, 3.8) is 0 Å². The molecular formula is C30H26N4O3. The number of fused-ring (bicyclic) bond motifs is 4. The SMILES string of the molecule is C=CCNC(=O)c1ccc(N2C(=O)C3Cc4c([nH]c5ccccc45)C(c4ccc(C)cc4)N3C2=O)cc1. The van der Waals surface area contributed by atoms with E-state index in [1.807, 2.05) is 49.4 Å². The predicted molar refractivity (Wildman–Crippen MR) is 143 cm³/mol. The van der Waals surface area contributed by atoms with Gasteiger partial charge in [0.2, 0.25) is 0 Å². The second-order valence-corrected chi connectivity index (χ2v) is 9.51. The van der Waals surface area contributed by atoms with E-state index < -0.39 is 12.1 Å². The van der Waals surface area contributed by atoms with Crippen LogP contribution in [0.5, 0.6) is 0 Å². The third-order valence-electron chi connectivity index (χ3n) is 7.24. The fraction of sp³-hybridized carbons (Fsp3) is 0.167. The first kappa shape index (κ1) is 22.8. The molecule has 0 radical (unpaired) electrons. The number of H-pyrrole nitrogens is 1. The highest BCUT2D eigenvalue weighted by molar-refractivity contribution is 6.22. The van der Waals surface area contributed by atoms with Crippen molar-refractivity contribution in [3.8, 4) is 0 Å². The van der Waals surface area contributed by atoms with E-state index >= 15 is 0 Å². The van der Waals surface area contributed by atoms with E-state index in [9.17, 15) is 14.4 Å². The summed E-state index contributed by atoms with van der Waals surface area (Å²) in [5.41, 5.74) is 5.96. The lowest BCUT2D eigenvalue weighted by Crippen LogP contribution is -2.44. The molecule has 6 rings (SSSR count). The number of aryl methyl sites for hydroxylation is 1. The van der Waals surface area contributed by atoms with Gasteiger partial charge in [0.1, 0.15) is 12.1 Å². The molecule has 1 fully saturated rings. The molecule has 7 heteroatoms. The molecule has 1 saturated heterocycles. The minimum absolute atomic E-state index is 0.243. The summed E-state index contributed by atoms with van der Waals surface area (Å²) in [7, 11) is 0. The second kappa shape index (κ2) is 8.78. The van der Waals surface area contributed by atoms with E-state index in [1.165, 1.54) is 4.90 Å². The summed E-state index contributed by atoms with van der Waals surface area (Å²) in [5.74, 6) is -0.505. The molecule has 2 unspecified atom stereocenters. The summed E-state index contributed by atoms with van der Waals surface area (Å²) in [4.78, 5) is 46.5. The van der Waals surface area contributed by atoms with Crippen LogP contribution >= 0.6 is 0 Å². The van der Waals surface area contributed by atoms with Gasteiger partial charge in [-0.1, -0.05) is 54.1 Å². The number of urea groups is 1. The molecule has 0 bridgehead atoms. The van der Waals surface area contributed by atoms with Crippen LogP contribution in [0.2, 0.25) is 0 Å². The number of anilines is 1. The van der Waals surface area contributed by atoms with Crippen molar-refractivity contribution in [1.29, 1.82) is 0 Å². The van der Waals surface area contributed by atoms with Crippen molar-refractivity contribution >= 4 is 34.4 Å². The Balaban J connectivity index is 1.41. The van der Waals surface area contributed by atoms with Crippen LogP contribution in [0.25, 0.3) is 10.9 Å². The van der Waals surface area contributed by atoms with E-state index in [1.54, 1.807) is 35.2 Å². The molecule has 2 N–H and O–H groups in total. The Morgan fingerprint density at radius 3 is 2.51 bits per heavy atom. The van der Waals surface area contributed by atoms with Crippen LogP contribution < -0.4 is 10.2 Å². The van der Waals surface area contributed by atoms with Gasteiger partial charge >= 0.3 is 6.03 Å². The Morgan fingerprint density at radius 1 is 1.05 bits per heavy atom. The van der Waals surface area contributed by atoms with E-state index in [2.05, 4.69) is 22.9 Å². The Morgan fingerprint density at radius 2 is 1.78 bits per heavy atom. The van der Waals surface area contributed by atoms with Crippen LogP contribution in [0, 0.1) is 6.92 Å². The van der Waals surface area contributed by atoms with Crippen molar-refractivity contribution in [2.24, 2.45) is 0 Å². The number of hydrogen-bond donors (Lipinski definition) is 2. The van der Waals surface area contributed by atoms with Gasteiger partial charge in [0.15, 0.2) is 0 Å². The maximum absolute atomic E-state index is 13.9. The van der Waals surface area contributed by atoms with E-state index in [0.717, 1.165) is 33.3 Å². The smallest absolute Gasteiger partial charge is 0.332 e. The van der Waals surface area contributed by atoms with Crippen LogP contribution in [0.1, 0.15) is 38.8 Å². The molecule has 37 heavy (non-hydrogen) atoms. The number of carbonyl (C=O) groups is 3. The van der Waals surface area contributed by atoms with Crippen LogP contribution in [0.3, 0.4) is 0 Å². The maximum Gasteiger partial charge on any atom is 0.332 e. The molecule has 0 saturated carbocycles. The lowest BCUT2D eigenvalue weighted by atomic mass is 9.88. The van der Waals surface area contributed by atoms with Crippen molar-refractivity contribution in [1.82, 2.24) is 15.2 Å². The Bertz CT molecular complexity index is 1550. The Hall–Kier alpha value is -4.65. The zero-order chi connectivity index (χ0) is 25.7. The summed E-state index contributed by atoms with van der Waals surface area (Å²) >= 11 is 0. The number of benzene rings is 3. The third-order valence-corrected chi connectivity index (χ3v) is 7.24. The lowest BCUT2D eigenvalue weighted by molar-refractivity contribution is -0.120. The minimum Gasteiger partial charge on any atom is -0.356 e. The highest BCUT2D eigenvalue weighted by Crippen LogP contribution is 2.44. The number of aromatic amines is 1. The fourth-order valence-corrected chi connectivity index (χ4v) is 5.44. The fourth-order valence-electron chi connectivity index (χ4n) is 5.44. The molecular weight excluding hydrogens is 464 g/mol. The van der Waals surface area contributed by atoms with Gasteiger partial charge in [-0.3, -0.25) is 14.5 Å². The van der Waals surface area contributed by atoms with E-state index in [-0.39, 0.29) is 17.8 Å². The number of carbonyl (C=O) groups excluding carboxylic acids is 3. The summed E-state index contributed by atoms with van der Waals surface area (Å²) < 4.78 is 0. The zero-order valence-corrected chi connectivity index (χ0v) is 20.4. The number of rotatable bonds is 5. The molecule has 0 aliphatic carbocycles. The van der Waals surface area contributed by atoms with Gasteiger partial charge in [-0.15, -0.1) is 6.58 Å². The van der Waals surface area contributed by atoms with Crippen LogP contribution in [-0.4, -0.2) is 40.3 Å². The maximum atomic E-state index is 13.9. The second-order valence-electron chi connectivity index (χ2n) is 9.51. The summed E-state index contributed by atoms with van der Waals surface area (Å²) in [6, 6.07) is 21.3. The number of hydrogen-bond acceptors (Lipinski definition) is 3. The molecule has 7 nitrogen and oxygen atoms in total. The van der Waals surface area contributed by atoms with Gasteiger partial charge in [-0.25, -0.2) is 9.69 Å². The normalized spacial score (nSPS) is 18.6. The molecule has 4 aromatic rings. The summed E-state index contributed by atoms with van der Waals surface area (Å²) in [6.45, 7) is 5.98. The molecule has 2 aliphatic heterocycles. The lowest BCUT2D eigenvalue weighted by Gasteiger charge is -2.36. The zero-order valence-electron chi connectivity index (χ0n) is 20.4. The highest BCUT2D eigenvalue weighted by atomic mass is 16.2. The number of amides is 4. The van der Waals surface area contributed by atoms with Crippen molar-refractivity contribution in [3.05, 3.63) is 113 Å². The Labute approximate surface area is 214 Å². The standard InChI is InChI=1S/C30H26N4O3/c1-3-16-31-28(35)20-12-14-21(15-13-20)33-29(36)25-17-23-22-6-4-5-7-24(22)32-26(23)27(34(25)30(33)37)19-10-8-18(2)9-11-19/h3-15,25,27,32H,1,16-17H2,2H3,(H,31,35). The van der Waals surface area contributed by atoms with Crippen molar-refractivity contribution in [2.75, 3.05) is 11.4 Å². The van der Waals surface area contributed by atoms with Gasteiger partial charge in [0.05, 0.1) is 5.69 Å². The first-order valence-electron chi connectivity index (χ1n) is 12.3. The molecule has 184 valence electrons. The van der Waals surface area contributed by atoms with Crippen LogP contribution in [0.15, 0.2) is 85.5 Å². The summed E-state index contributed by atoms with van der Waals surface area (Å²) in [6.07, 6.45) is 2.04. The molecule has 1 aromatic heterocycles. The van der Waals surface area contributed by atoms with Crippen molar-refractivity contribution < 1.29 is 14.4 Å². The van der Waals surface area contributed by atoms with Gasteiger partial charge in [0.25, 0.3) is 11.8 Å². The predicted octanol–water partition coefficient (Wildman–Crippen LogP) is 4.88. The molecule has 3 aromatic carbocycles. The molecule has 2 aliphatic rings. The number of para-hydroxylation sites is 1. The first-order valence-corrected chi connectivity index (χ1v) is 12.3. The third kappa shape index (κ3) is 3.62. The molecule has 3 heterocycles. The monoisotopic (exact) mass is 490 g/mol. The summed E-state index contributed by atoms with van der Waals surface area (Å²) in [5, 5.41) is 3.80. The number of nitrogens with zero attached hydrogens (tertiary/aromatic N) is 2. The molecule has 0 spiro atoms. The van der Waals surface area contributed by atoms with Crippen molar-refractivity contribution in [2.45, 2.75) is 25.4 Å².